The lowest BCUT2D eigenvalue weighted by molar-refractivity contribution is -0.0235. The van der Waals surface area contributed by atoms with Gasteiger partial charge in [0.25, 0.3) is 0 Å². The second kappa shape index (κ2) is 10.3. The van der Waals surface area contributed by atoms with Gasteiger partial charge in [0.05, 0.1) is 22.9 Å². The highest BCUT2D eigenvalue weighted by Crippen LogP contribution is 2.36. The molecule has 1 saturated heterocycles. The van der Waals surface area contributed by atoms with E-state index in [0.29, 0.717) is 5.92 Å². The first-order chi connectivity index (χ1) is 15.7. The number of hydrogen-bond acceptors (Lipinski definition) is 5. The zero-order chi connectivity index (χ0) is 21.8. The SMILES string of the molecule is CN1CCC(OC(c2cccc(OCC3CCCCC3)c2)c2nc3ccccc3s2)CC1. The van der Waals surface area contributed by atoms with Crippen LogP contribution in [0.5, 0.6) is 5.75 Å². The van der Waals surface area contributed by atoms with Gasteiger partial charge in [0, 0.05) is 13.1 Å². The van der Waals surface area contributed by atoms with Crippen LogP contribution in [0.1, 0.15) is 61.6 Å². The maximum Gasteiger partial charge on any atom is 0.135 e. The van der Waals surface area contributed by atoms with E-state index in [1.54, 1.807) is 11.3 Å². The van der Waals surface area contributed by atoms with Crippen molar-refractivity contribution < 1.29 is 9.47 Å². The summed E-state index contributed by atoms with van der Waals surface area (Å²) in [5.74, 6) is 1.65. The molecule has 2 heterocycles. The molecule has 0 N–H and O–H groups in total. The number of para-hydroxylation sites is 1. The molecule has 2 fully saturated rings. The fourth-order valence-electron chi connectivity index (χ4n) is 4.93. The van der Waals surface area contributed by atoms with Crippen molar-refractivity contribution in [3.8, 4) is 5.75 Å². The number of aromatic nitrogens is 1. The van der Waals surface area contributed by atoms with Crippen molar-refractivity contribution in [2.75, 3.05) is 26.7 Å². The van der Waals surface area contributed by atoms with E-state index in [0.717, 1.165) is 54.4 Å². The lowest BCUT2D eigenvalue weighted by Crippen LogP contribution is -2.35. The molecule has 170 valence electrons. The molecule has 1 aliphatic heterocycles. The normalized spacial score (nSPS) is 19.9. The molecule has 1 aliphatic carbocycles. The summed E-state index contributed by atoms with van der Waals surface area (Å²) in [7, 11) is 2.19. The van der Waals surface area contributed by atoms with E-state index in [9.17, 15) is 0 Å². The van der Waals surface area contributed by atoms with Gasteiger partial charge >= 0.3 is 0 Å². The van der Waals surface area contributed by atoms with E-state index in [2.05, 4.69) is 60.5 Å². The number of likely N-dealkylation sites (tertiary alicyclic amines) is 1. The van der Waals surface area contributed by atoms with E-state index < -0.39 is 0 Å². The molecule has 3 aromatic rings. The van der Waals surface area contributed by atoms with Crippen molar-refractivity contribution in [3.05, 3.63) is 59.1 Å². The number of ether oxygens (including phenoxy) is 2. The Morgan fingerprint density at radius 1 is 1.00 bits per heavy atom. The van der Waals surface area contributed by atoms with E-state index in [4.69, 9.17) is 14.5 Å². The summed E-state index contributed by atoms with van der Waals surface area (Å²) < 4.78 is 14.2. The highest BCUT2D eigenvalue weighted by Gasteiger charge is 2.26. The van der Waals surface area contributed by atoms with Gasteiger partial charge < -0.3 is 14.4 Å². The topological polar surface area (TPSA) is 34.6 Å². The van der Waals surface area contributed by atoms with Crippen LogP contribution >= 0.6 is 11.3 Å². The lowest BCUT2D eigenvalue weighted by Gasteiger charge is -2.31. The van der Waals surface area contributed by atoms with Crippen molar-refractivity contribution in [3.63, 3.8) is 0 Å². The van der Waals surface area contributed by atoms with E-state index in [1.165, 1.54) is 36.8 Å². The van der Waals surface area contributed by atoms with Crippen molar-refractivity contribution in [2.24, 2.45) is 5.92 Å². The van der Waals surface area contributed by atoms with Crippen molar-refractivity contribution in [2.45, 2.75) is 57.2 Å². The number of thiazole rings is 1. The fourth-order valence-corrected chi connectivity index (χ4v) is 5.96. The Morgan fingerprint density at radius 2 is 1.81 bits per heavy atom. The molecular formula is C27H34N2O2S. The first kappa shape index (κ1) is 21.9. The lowest BCUT2D eigenvalue weighted by atomic mass is 9.90. The summed E-state index contributed by atoms with van der Waals surface area (Å²) in [6, 6.07) is 16.9. The second-order valence-electron chi connectivity index (χ2n) is 9.43. The van der Waals surface area contributed by atoms with Crippen LogP contribution in [-0.2, 0) is 4.74 Å². The number of benzene rings is 2. The molecule has 0 bridgehead atoms. The van der Waals surface area contributed by atoms with Crippen molar-refractivity contribution in [1.82, 2.24) is 9.88 Å². The molecule has 1 saturated carbocycles. The predicted octanol–water partition coefficient (Wildman–Crippen LogP) is 6.46. The minimum absolute atomic E-state index is 0.154. The Hall–Kier alpha value is -1.95. The summed E-state index contributed by atoms with van der Waals surface area (Å²) in [5, 5.41) is 1.04. The fraction of sp³-hybridized carbons (Fsp3) is 0.519. The van der Waals surface area contributed by atoms with Gasteiger partial charge in [-0.2, -0.15) is 0 Å². The minimum atomic E-state index is -0.154. The Balaban J connectivity index is 1.37. The molecule has 4 nitrogen and oxygen atoms in total. The number of hydrogen-bond donors (Lipinski definition) is 0. The van der Waals surface area contributed by atoms with Gasteiger partial charge in [-0.1, -0.05) is 43.5 Å². The van der Waals surface area contributed by atoms with E-state index in [-0.39, 0.29) is 12.2 Å². The molecular weight excluding hydrogens is 416 g/mol. The van der Waals surface area contributed by atoms with E-state index in [1.807, 2.05) is 0 Å². The average molecular weight is 451 g/mol. The van der Waals surface area contributed by atoms with Gasteiger partial charge in [0.1, 0.15) is 16.9 Å². The molecule has 0 amide bonds. The van der Waals surface area contributed by atoms with Gasteiger partial charge in [-0.3, -0.25) is 0 Å². The van der Waals surface area contributed by atoms with Crippen LogP contribution in [0, 0.1) is 5.92 Å². The summed E-state index contributed by atoms with van der Waals surface area (Å²) in [6.07, 6.45) is 8.90. The summed E-state index contributed by atoms with van der Waals surface area (Å²) >= 11 is 1.74. The maximum atomic E-state index is 6.76. The van der Waals surface area contributed by atoms with E-state index >= 15 is 0 Å². The molecule has 1 aromatic heterocycles. The van der Waals surface area contributed by atoms with Crippen LogP contribution in [0.25, 0.3) is 10.2 Å². The standard InChI is InChI=1S/C27H34N2O2S/c1-29-16-14-22(15-17-29)31-26(27-28-24-12-5-6-13-25(24)32-27)21-10-7-11-23(18-21)30-19-20-8-3-2-4-9-20/h5-7,10-13,18,20,22,26H,2-4,8-9,14-17,19H2,1H3. The number of fused-ring (bicyclic) bond motifs is 1. The molecule has 32 heavy (non-hydrogen) atoms. The first-order valence-corrected chi connectivity index (χ1v) is 13.0. The smallest absolute Gasteiger partial charge is 0.135 e. The van der Waals surface area contributed by atoms with Crippen molar-refractivity contribution >= 4 is 21.6 Å². The van der Waals surface area contributed by atoms with Crippen molar-refractivity contribution in [1.29, 1.82) is 0 Å². The largest absolute Gasteiger partial charge is 0.493 e. The van der Waals surface area contributed by atoms with Crippen LogP contribution in [0.2, 0.25) is 0 Å². The molecule has 0 radical (unpaired) electrons. The van der Waals surface area contributed by atoms with Gasteiger partial charge in [0.15, 0.2) is 0 Å². The molecule has 5 rings (SSSR count). The van der Waals surface area contributed by atoms with Crippen LogP contribution in [-0.4, -0.2) is 42.7 Å². The highest BCUT2D eigenvalue weighted by molar-refractivity contribution is 7.18. The van der Waals surface area contributed by atoms with Crippen LogP contribution in [0.15, 0.2) is 48.5 Å². The third kappa shape index (κ3) is 5.33. The second-order valence-corrected chi connectivity index (χ2v) is 10.5. The third-order valence-corrected chi connectivity index (χ3v) is 7.98. The summed E-state index contributed by atoms with van der Waals surface area (Å²) in [5.41, 5.74) is 2.19. The molecule has 2 aromatic carbocycles. The number of piperidine rings is 1. The van der Waals surface area contributed by atoms with Gasteiger partial charge in [-0.05, 0) is 68.5 Å². The Bertz CT molecular complexity index is 973. The molecule has 5 heteroatoms. The minimum Gasteiger partial charge on any atom is -0.493 e. The molecule has 1 atom stereocenters. The third-order valence-electron chi connectivity index (χ3n) is 6.90. The van der Waals surface area contributed by atoms with Crippen LogP contribution in [0.4, 0.5) is 0 Å². The molecule has 2 aliphatic rings. The zero-order valence-electron chi connectivity index (χ0n) is 19.0. The van der Waals surface area contributed by atoms with Gasteiger partial charge in [-0.15, -0.1) is 11.3 Å². The quantitative estimate of drug-likeness (QED) is 0.414. The predicted molar refractivity (Wildman–Crippen MR) is 132 cm³/mol. The Labute approximate surface area is 195 Å². The highest BCUT2D eigenvalue weighted by atomic mass is 32.1. The monoisotopic (exact) mass is 450 g/mol. The number of rotatable bonds is 7. The molecule has 0 spiro atoms. The van der Waals surface area contributed by atoms with Crippen LogP contribution < -0.4 is 4.74 Å². The zero-order valence-corrected chi connectivity index (χ0v) is 19.9. The van der Waals surface area contributed by atoms with Gasteiger partial charge in [-0.25, -0.2) is 4.98 Å². The first-order valence-electron chi connectivity index (χ1n) is 12.2. The average Bonchev–Trinajstić information content (AvgIpc) is 3.27. The Kier molecular flexibility index (Phi) is 7.06. The number of nitrogens with zero attached hydrogens (tertiary/aromatic N) is 2. The Morgan fingerprint density at radius 3 is 2.62 bits per heavy atom. The molecule has 1 unspecified atom stereocenters. The van der Waals surface area contributed by atoms with Gasteiger partial charge in [0.2, 0.25) is 0 Å². The van der Waals surface area contributed by atoms with Crippen LogP contribution in [0.3, 0.4) is 0 Å². The summed E-state index contributed by atoms with van der Waals surface area (Å²) in [4.78, 5) is 7.34. The maximum absolute atomic E-state index is 6.76. The summed E-state index contributed by atoms with van der Waals surface area (Å²) in [6.45, 7) is 2.99.